The molecule has 3 N–H and O–H groups in total. The first-order chi connectivity index (χ1) is 13.0. The minimum Gasteiger partial charge on any atom is -0.507 e. The van der Waals surface area contributed by atoms with Crippen LogP contribution in [-0.4, -0.2) is 19.8 Å². The summed E-state index contributed by atoms with van der Waals surface area (Å²) in [5.41, 5.74) is 1.75. The molecule has 6 nitrogen and oxygen atoms in total. The van der Waals surface area contributed by atoms with Gasteiger partial charge in [0.1, 0.15) is 17.3 Å². The molecule has 0 saturated carbocycles. The van der Waals surface area contributed by atoms with E-state index in [2.05, 4.69) is 4.98 Å². The minimum absolute atomic E-state index is 0.0792. The number of aromatic amines is 1. The predicted molar refractivity (Wildman–Crippen MR) is 102 cm³/mol. The third-order valence-corrected chi connectivity index (χ3v) is 4.68. The molecular weight excluding hydrogens is 366 g/mol. The minimum atomic E-state index is -0.634. The summed E-state index contributed by atoms with van der Waals surface area (Å²) in [4.78, 5) is 14.4. The second-order valence-corrected chi connectivity index (χ2v) is 6.33. The maximum absolute atomic E-state index is 11.8. The van der Waals surface area contributed by atoms with Crippen molar-refractivity contribution in [3.63, 3.8) is 0 Å². The lowest BCUT2D eigenvalue weighted by molar-refractivity contribution is 0.476. The summed E-state index contributed by atoms with van der Waals surface area (Å²) >= 11 is 6.19. The molecule has 0 saturated heterocycles. The highest BCUT2D eigenvalue weighted by Gasteiger charge is 2.16. The molecule has 0 aliphatic heterocycles. The summed E-state index contributed by atoms with van der Waals surface area (Å²) in [5, 5.41) is 30.0. The van der Waals surface area contributed by atoms with Crippen LogP contribution in [0.5, 0.6) is 11.5 Å². The Hall–Kier alpha value is -3.69. The zero-order valence-corrected chi connectivity index (χ0v) is 14.5. The third-order valence-electron chi connectivity index (χ3n) is 4.36. The first-order valence-electron chi connectivity index (χ1n) is 7.96. The molecule has 2 aromatic carbocycles. The topological polar surface area (TPSA) is 102 Å². The summed E-state index contributed by atoms with van der Waals surface area (Å²) in [6.45, 7) is 0. The molecule has 0 aliphatic rings. The molecular formula is C20H12ClN3O3. The third kappa shape index (κ3) is 2.62. The van der Waals surface area contributed by atoms with Gasteiger partial charge in [0, 0.05) is 17.4 Å². The van der Waals surface area contributed by atoms with Crippen LogP contribution in [0, 0.1) is 11.3 Å². The van der Waals surface area contributed by atoms with Gasteiger partial charge >= 0.3 is 0 Å². The highest BCUT2D eigenvalue weighted by Crippen LogP contribution is 2.36. The van der Waals surface area contributed by atoms with E-state index < -0.39 is 5.56 Å². The Morgan fingerprint density at radius 1 is 1.07 bits per heavy atom. The van der Waals surface area contributed by atoms with E-state index in [0.29, 0.717) is 27.3 Å². The van der Waals surface area contributed by atoms with Gasteiger partial charge in [0.15, 0.2) is 11.3 Å². The molecule has 2 aromatic heterocycles. The SMILES string of the molecule is N#Cc1c(O)c2c(ccn2-c2ccc(-c3c(O)cccc3Cl)cc2)[nH]c1=O. The number of nitrogens with one attached hydrogen (secondary N) is 1. The van der Waals surface area contributed by atoms with Crippen LogP contribution in [0.3, 0.4) is 0 Å². The number of halogens is 1. The van der Waals surface area contributed by atoms with Gasteiger partial charge in [-0.3, -0.25) is 4.79 Å². The van der Waals surface area contributed by atoms with Gasteiger partial charge in [0.05, 0.1) is 10.5 Å². The van der Waals surface area contributed by atoms with Crippen LogP contribution in [0.4, 0.5) is 0 Å². The number of H-pyrrole nitrogens is 1. The van der Waals surface area contributed by atoms with E-state index in [9.17, 15) is 15.0 Å². The van der Waals surface area contributed by atoms with Gasteiger partial charge in [0.25, 0.3) is 5.56 Å². The Morgan fingerprint density at radius 2 is 1.81 bits per heavy atom. The van der Waals surface area contributed by atoms with Crippen LogP contribution in [0.25, 0.3) is 27.8 Å². The summed E-state index contributed by atoms with van der Waals surface area (Å²) in [6.07, 6.45) is 1.68. The quantitative estimate of drug-likeness (QED) is 0.492. The Morgan fingerprint density at radius 3 is 2.48 bits per heavy atom. The van der Waals surface area contributed by atoms with Crippen LogP contribution in [0.1, 0.15) is 5.56 Å². The van der Waals surface area contributed by atoms with Crippen molar-refractivity contribution < 1.29 is 10.2 Å². The summed E-state index contributed by atoms with van der Waals surface area (Å²) in [7, 11) is 0. The molecule has 0 radical (unpaired) electrons. The van der Waals surface area contributed by atoms with E-state index in [1.54, 1.807) is 65.4 Å². The van der Waals surface area contributed by atoms with Crippen molar-refractivity contribution in [3.8, 4) is 34.4 Å². The molecule has 0 amide bonds. The van der Waals surface area contributed by atoms with E-state index in [1.807, 2.05) is 0 Å². The smallest absolute Gasteiger partial charge is 0.270 e. The van der Waals surface area contributed by atoms with Crippen LogP contribution in [0.2, 0.25) is 5.02 Å². The molecule has 4 rings (SSSR count). The molecule has 4 aromatic rings. The molecule has 0 spiro atoms. The first kappa shape index (κ1) is 16.8. The Balaban J connectivity index is 1.86. The number of nitriles is 1. The molecule has 0 fully saturated rings. The van der Waals surface area contributed by atoms with Gasteiger partial charge in [-0.05, 0) is 35.9 Å². The Bertz CT molecular complexity index is 1260. The van der Waals surface area contributed by atoms with E-state index in [-0.39, 0.29) is 17.1 Å². The zero-order valence-electron chi connectivity index (χ0n) is 13.8. The molecule has 132 valence electrons. The molecule has 0 aliphatic carbocycles. The Kier molecular flexibility index (Phi) is 3.87. The van der Waals surface area contributed by atoms with E-state index in [1.165, 1.54) is 0 Å². The largest absolute Gasteiger partial charge is 0.507 e. The van der Waals surface area contributed by atoms with Gasteiger partial charge in [-0.1, -0.05) is 29.8 Å². The molecule has 27 heavy (non-hydrogen) atoms. The van der Waals surface area contributed by atoms with Crippen molar-refractivity contribution in [2.45, 2.75) is 0 Å². The summed E-state index contributed by atoms with van der Waals surface area (Å²) < 4.78 is 1.66. The van der Waals surface area contributed by atoms with Crippen LogP contribution >= 0.6 is 11.6 Å². The standard InChI is InChI=1S/C20H12ClN3O3/c21-14-2-1-3-16(25)17(14)11-4-6-12(7-5-11)24-9-8-15-18(24)19(26)13(10-22)20(27)23-15/h1-9,25H,(H2,23,26,27). The highest BCUT2D eigenvalue weighted by atomic mass is 35.5. The van der Waals surface area contributed by atoms with Crippen molar-refractivity contribution in [1.29, 1.82) is 5.26 Å². The van der Waals surface area contributed by atoms with Crippen molar-refractivity contribution >= 4 is 22.6 Å². The highest BCUT2D eigenvalue weighted by molar-refractivity contribution is 6.33. The average Bonchev–Trinajstić information content (AvgIpc) is 3.06. The number of rotatable bonds is 2. The van der Waals surface area contributed by atoms with Crippen molar-refractivity contribution in [2.75, 3.05) is 0 Å². The van der Waals surface area contributed by atoms with Crippen molar-refractivity contribution in [3.05, 3.63) is 75.7 Å². The summed E-state index contributed by atoms with van der Waals surface area (Å²) in [6, 6.07) is 15.4. The molecule has 2 heterocycles. The second kappa shape index (κ2) is 6.24. The van der Waals surface area contributed by atoms with Gasteiger partial charge in [-0.15, -0.1) is 0 Å². The van der Waals surface area contributed by atoms with Crippen molar-refractivity contribution in [2.24, 2.45) is 0 Å². The van der Waals surface area contributed by atoms with Gasteiger partial charge in [-0.25, -0.2) is 0 Å². The number of nitrogens with zero attached hydrogens (tertiary/aromatic N) is 2. The average molecular weight is 378 g/mol. The van der Waals surface area contributed by atoms with Gasteiger partial charge in [-0.2, -0.15) is 5.26 Å². The number of aromatic hydroxyl groups is 2. The first-order valence-corrected chi connectivity index (χ1v) is 8.33. The fourth-order valence-corrected chi connectivity index (χ4v) is 3.37. The fraction of sp³-hybridized carbons (Fsp3) is 0. The molecule has 7 heteroatoms. The monoisotopic (exact) mass is 377 g/mol. The van der Waals surface area contributed by atoms with Gasteiger partial charge in [0.2, 0.25) is 0 Å². The number of hydrogen-bond acceptors (Lipinski definition) is 4. The fourth-order valence-electron chi connectivity index (χ4n) is 3.09. The lowest BCUT2D eigenvalue weighted by Crippen LogP contribution is -2.10. The van der Waals surface area contributed by atoms with Crippen LogP contribution in [0.15, 0.2) is 59.5 Å². The van der Waals surface area contributed by atoms with Crippen molar-refractivity contribution in [1.82, 2.24) is 9.55 Å². The number of phenolic OH excluding ortho intramolecular Hbond substituents is 1. The van der Waals surface area contributed by atoms with E-state index in [4.69, 9.17) is 16.9 Å². The van der Waals surface area contributed by atoms with E-state index in [0.717, 1.165) is 5.56 Å². The second-order valence-electron chi connectivity index (χ2n) is 5.92. The number of pyridine rings is 1. The van der Waals surface area contributed by atoms with Gasteiger partial charge < -0.3 is 19.8 Å². The number of aromatic nitrogens is 2. The Labute approximate surface area is 158 Å². The predicted octanol–water partition coefficient (Wildman–Crippen LogP) is 3.92. The lowest BCUT2D eigenvalue weighted by atomic mass is 10.0. The number of hydrogen-bond donors (Lipinski definition) is 3. The maximum atomic E-state index is 11.8. The number of phenols is 1. The summed E-state index contributed by atoms with van der Waals surface area (Å²) in [5.74, 6) is -0.287. The molecule has 0 atom stereocenters. The normalized spacial score (nSPS) is 10.8. The van der Waals surface area contributed by atoms with Crippen LogP contribution < -0.4 is 5.56 Å². The maximum Gasteiger partial charge on any atom is 0.270 e. The van der Waals surface area contributed by atoms with E-state index >= 15 is 0 Å². The van der Waals surface area contributed by atoms with Crippen LogP contribution in [-0.2, 0) is 0 Å². The molecule has 0 unspecified atom stereocenters. The molecule has 0 bridgehead atoms. The zero-order chi connectivity index (χ0) is 19.1. The lowest BCUT2D eigenvalue weighted by Gasteiger charge is -2.10. The number of benzene rings is 2. The number of fused-ring (bicyclic) bond motifs is 1.